The summed E-state index contributed by atoms with van der Waals surface area (Å²) in [6.07, 6.45) is 2.80. The topological polar surface area (TPSA) is 3.24 Å². The van der Waals surface area contributed by atoms with E-state index in [4.69, 9.17) is 0 Å². The van der Waals surface area contributed by atoms with Crippen LogP contribution in [0.4, 0.5) is 0 Å². The van der Waals surface area contributed by atoms with Crippen molar-refractivity contribution in [3.05, 3.63) is 0 Å². The van der Waals surface area contributed by atoms with Crippen LogP contribution >= 0.6 is 0 Å². The van der Waals surface area contributed by atoms with Crippen molar-refractivity contribution in [3.63, 3.8) is 0 Å². The van der Waals surface area contributed by atoms with E-state index in [0.29, 0.717) is 0 Å². The Bertz CT molecular complexity index is 88.9. The normalized spacial score (nSPS) is 25.1. The number of hydrogen-bond acceptors (Lipinski definition) is 1. The molecule has 0 spiro atoms. The molecular weight excluding hydrogens is 134 g/mol. The first-order chi connectivity index (χ1) is 5.22. The fourth-order valence-electron chi connectivity index (χ4n) is 1.72. The number of nitrogens with zero attached hydrogens (tertiary/aromatic N) is 1. The first-order valence-corrected chi connectivity index (χ1v) is 4.97. The molecule has 0 amide bonds. The Kier molecular flexibility index (Phi) is 5.57. The smallest absolute Gasteiger partial charge is 0.00701 e. The molecule has 0 aromatic heterocycles. The zero-order valence-corrected chi connectivity index (χ0v) is 8.72. The monoisotopic (exact) mass is 157 g/mol. The molecule has 0 aromatic carbocycles. The van der Waals surface area contributed by atoms with Crippen LogP contribution < -0.4 is 0 Å². The number of hydrogen-bond donors (Lipinski definition) is 0. The summed E-state index contributed by atoms with van der Waals surface area (Å²) < 4.78 is 0. The minimum atomic E-state index is 0.752. The highest BCUT2D eigenvalue weighted by atomic mass is 15.2. The summed E-state index contributed by atoms with van der Waals surface area (Å²) in [5.74, 6) is 0. The van der Waals surface area contributed by atoms with Gasteiger partial charge in [0.25, 0.3) is 0 Å². The van der Waals surface area contributed by atoms with Crippen molar-refractivity contribution >= 4 is 0 Å². The molecule has 0 N–H and O–H groups in total. The van der Waals surface area contributed by atoms with E-state index >= 15 is 0 Å². The predicted molar refractivity (Wildman–Crippen MR) is 51.9 cm³/mol. The van der Waals surface area contributed by atoms with Crippen LogP contribution in [0, 0.1) is 0 Å². The van der Waals surface area contributed by atoms with Gasteiger partial charge in [-0.3, -0.25) is 4.90 Å². The van der Waals surface area contributed by atoms with Gasteiger partial charge in [-0.15, -0.1) is 0 Å². The highest BCUT2D eigenvalue weighted by molar-refractivity contribution is 4.77. The van der Waals surface area contributed by atoms with Crippen LogP contribution in [0.2, 0.25) is 0 Å². The molecule has 1 nitrogen and oxygen atoms in total. The molecule has 1 aliphatic heterocycles. The number of rotatable bonds is 1. The van der Waals surface area contributed by atoms with Crippen molar-refractivity contribution in [2.45, 2.75) is 59.5 Å². The minimum absolute atomic E-state index is 0.752. The van der Waals surface area contributed by atoms with E-state index in [-0.39, 0.29) is 0 Å². The molecule has 1 heterocycles. The zero-order chi connectivity index (χ0) is 8.85. The van der Waals surface area contributed by atoms with E-state index in [1.807, 2.05) is 13.8 Å². The van der Waals surface area contributed by atoms with Gasteiger partial charge in [-0.1, -0.05) is 13.8 Å². The quantitative estimate of drug-likeness (QED) is 0.565. The van der Waals surface area contributed by atoms with Crippen molar-refractivity contribution in [1.82, 2.24) is 4.90 Å². The average Bonchev–Trinajstić information content (AvgIpc) is 2.39. The van der Waals surface area contributed by atoms with Crippen LogP contribution in [0.5, 0.6) is 0 Å². The van der Waals surface area contributed by atoms with Crippen LogP contribution in [0.1, 0.15) is 47.5 Å². The molecule has 0 bridgehead atoms. The largest absolute Gasteiger partial charge is 0.298 e. The average molecular weight is 157 g/mol. The lowest BCUT2D eigenvalue weighted by Gasteiger charge is -2.24. The van der Waals surface area contributed by atoms with Gasteiger partial charge in [0, 0.05) is 12.1 Å². The van der Waals surface area contributed by atoms with Crippen LogP contribution in [0.3, 0.4) is 0 Å². The Morgan fingerprint density at radius 1 is 1.27 bits per heavy atom. The van der Waals surface area contributed by atoms with Crippen LogP contribution in [-0.4, -0.2) is 23.5 Å². The molecule has 1 rings (SSSR count). The molecule has 11 heavy (non-hydrogen) atoms. The first kappa shape index (κ1) is 11.0. The van der Waals surface area contributed by atoms with Gasteiger partial charge in [-0.05, 0) is 40.2 Å². The second kappa shape index (κ2) is 5.59. The van der Waals surface area contributed by atoms with E-state index in [9.17, 15) is 0 Å². The van der Waals surface area contributed by atoms with Crippen molar-refractivity contribution in [3.8, 4) is 0 Å². The molecule has 0 aliphatic carbocycles. The van der Waals surface area contributed by atoms with Crippen molar-refractivity contribution in [1.29, 1.82) is 0 Å². The predicted octanol–water partition coefficient (Wildman–Crippen LogP) is 2.91. The third-order valence-corrected chi connectivity index (χ3v) is 2.27. The summed E-state index contributed by atoms with van der Waals surface area (Å²) in [6, 6.07) is 1.59. The standard InChI is InChI=1S/C8H17N.C2H6/c1-7(2)9-6-4-5-8(9)3;1-2/h7-8H,4-6H2,1-3H3;1-2H3/t8-;/m1./s1. The molecule has 0 saturated carbocycles. The summed E-state index contributed by atoms with van der Waals surface area (Å²) in [7, 11) is 0. The zero-order valence-electron chi connectivity index (χ0n) is 8.72. The molecule has 68 valence electrons. The summed E-state index contributed by atoms with van der Waals surface area (Å²) in [5.41, 5.74) is 0. The van der Waals surface area contributed by atoms with Crippen LogP contribution in [-0.2, 0) is 0 Å². The first-order valence-electron chi connectivity index (χ1n) is 4.97. The van der Waals surface area contributed by atoms with E-state index in [1.54, 1.807) is 0 Å². The van der Waals surface area contributed by atoms with Gasteiger partial charge in [0.15, 0.2) is 0 Å². The lowest BCUT2D eigenvalue weighted by atomic mass is 10.2. The molecule has 1 fully saturated rings. The molecule has 0 radical (unpaired) electrons. The van der Waals surface area contributed by atoms with E-state index in [1.165, 1.54) is 19.4 Å². The van der Waals surface area contributed by atoms with E-state index < -0.39 is 0 Å². The lowest BCUT2D eigenvalue weighted by molar-refractivity contribution is 0.216. The Labute approximate surface area is 71.8 Å². The van der Waals surface area contributed by atoms with Gasteiger partial charge in [0.2, 0.25) is 0 Å². The third kappa shape index (κ3) is 3.24. The molecule has 1 aliphatic rings. The SMILES string of the molecule is CC.CC(C)N1CCC[C@H]1C. The van der Waals surface area contributed by atoms with Crippen LogP contribution in [0.15, 0.2) is 0 Å². The maximum Gasteiger partial charge on any atom is 0.00701 e. The molecule has 0 aromatic rings. The van der Waals surface area contributed by atoms with E-state index in [2.05, 4.69) is 25.7 Å². The second-order valence-electron chi connectivity index (χ2n) is 3.32. The number of likely N-dealkylation sites (tertiary alicyclic amines) is 1. The van der Waals surface area contributed by atoms with Gasteiger partial charge < -0.3 is 0 Å². The molecule has 1 saturated heterocycles. The van der Waals surface area contributed by atoms with Gasteiger partial charge in [0.1, 0.15) is 0 Å². The lowest BCUT2D eigenvalue weighted by Crippen LogP contribution is -2.33. The summed E-state index contributed by atoms with van der Waals surface area (Å²) in [5, 5.41) is 0. The minimum Gasteiger partial charge on any atom is -0.298 e. The van der Waals surface area contributed by atoms with Gasteiger partial charge >= 0.3 is 0 Å². The van der Waals surface area contributed by atoms with Gasteiger partial charge in [-0.25, -0.2) is 0 Å². The third-order valence-electron chi connectivity index (χ3n) is 2.27. The van der Waals surface area contributed by atoms with Crippen molar-refractivity contribution in [2.75, 3.05) is 6.54 Å². The highest BCUT2D eigenvalue weighted by Crippen LogP contribution is 2.18. The fraction of sp³-hybridized carbons (Fsp3) is 1.00. The Balaban J connectivity index is 0.000000461. The highest BCUT2D eigenvalue weighted by Gasteiger charge is 2.21. The Morgan fingerprint density at radius 3 is 2.00 bits per heavy atom. The maximum absolute atomic E-state index is 2.57. The fourth-order valence-corrected chi connectivity index (χ4v) is 1.72. The van der Waals surface area contributed by atoms with Crippen molar-refractivity contribution in [2.24, 2.45) is 0 Å². The summed E-state index contributed by atoms with van der Waals surface area (Å²) >= 11 is 0. The summed E-state index contributed by atoms with van der Waals surface area (Å²) in [6.45, 7) is 12.2. The van der Waals surface area contributed by atoms with Crippen molar-refractivity contribution < 1.29 is 0 Å². The second-order valence-corrected chi connectivity index (χ2v) is 3.32. The Hall–Kier alpha value is -0.0400. The Morgan fingerprint density at radius 2 is 1.82 bits per heavy atom. The molecule has 1 heteroatoms. The molecule has 1 atom stereocenters. The van der Waals surface area contributed by atoms with Gasteiger partial charge in [-0.2, -0.15) is 0 Å². The molecular formula is C10H23N. The maximum atomic E-state index is 2.57. The summed E-state index contributed by atoms with van der Waals surface area (Å²) in [4.78, 5) is 2.57. The van der Waals surface area contributed by atoms with E-state index in [0.717, 1.165) is 12.1 Å². The molecule has 0 unspecified atom stereocenters. The van der Waals surface area contributed by atoms with Gasteiger partial charge in [0.05, 0.1) is 0 Å². The van der Waals surface area contributed by atoms with Crippen LogP contribution in [0.25, 0.3) is 0 Å².